The van der Waals surface area contributed by atoms with Crippen molar-refractivity contribution in [2.45, 2.75) is 206 Å². The first kappa shape index (κ1) is 76.6. The molecule has 2 bridgehead atoms. The summed E-state index contributed by atoms with van der Waals surface area (Å²) in [7, 11) is 4.75. The Hall–Kier alpha value is -8.72. The Labute approximate surface area is 574 Å². The highest BCUT2D eigenvalue weighted by atomic mass is 16.6. The van der Waals surface area contributed by atoms with Gasteiger partial charge in [-0.3, -0.25) is 58.0 Å². The number of H-pyrrole nitrogens is 1. The lowest BCUT2D eigenvalue weighted by Crippen LogP contribution is -2.60. The zero-order valence-corrected chi connectivity index (χ0v) is 58.4. The Balaban J connectivity index is 0.935. The van der Waals surface area contributed by atoms with E-state index in [9.17, 15) is 52.7 Å². The lowest BCUT2D eigenvalue weighted by molar-refractivity contribution is -0.148. The number of imide groups is 1. The fraction of sp³-hybridized carbons (Fsp3) is 0.606. The summed E-state index contributed by atoms with van der Waals surface area (Å²) >= 11 is 0. The van der Waals surface area contributed by atoms with E-state index >= 15 is 0 Å². The summed E-state index contributed by atoms with van der Waals surface area (Å²) in [6.07, 6.45) is 8.40. The molecule has 9 N–H and O–H groups in total. The van der Waals surface area contributed by atoms with Crippen LogP contribution in [0.3, 0.4) is 0 Å². The molecule has 0 radical (unpaired) electrons. The summed E-state index contributed by atoms with van der Waals surface area (Å²) in [6.45, 7) is 13.6. The predicted molar refractivity (Wildman–Crippen MR) is 364 cm³/mol. The quantitative estimate of drug-likeness (QED) is 0.0259. The number of primary amides is 1. The Morgan fingerprint density at radius 2 is 1.47 bits per heavy atom. The first-order valence-corrected chi connectivity index (χ1v) is 34.6. The second-order valence-corrected chi connectivity index (χ2v) is 27.1. The fourth-order valence-corrected chi connectivity index (χ4v) is 14.1. The van der Waals surface area contributed by atoms with Crippen molar-refractivity contribution < 1.29 is 67.0 Å². The third-order valence-electron chi connectivity index (χ3n) is 19.7. The highest BCUT2D eigenvalue weighted by Gasteiger charge is 2.53. The van der Waals surface area contributed by atoms with Gasteiger partial charge >= 0.3 is 12.1 Å². The summed E-state index contributed by atoms with van der Waals surface area (Å²) in [5, 5.41) is 24.3. The average Bonchev–Trinajstić information content (AvgIpc) is 1.60. The van der Waals surface area contributed by atoms with Crippen LogP contribution in [0.25, 0.3) is 0 Å². The van der Waals surface area contributed by atoms with E-state index in [1.807, 2.05) is 71.0 Å². The van der Waals surface area contributed by atoms with E-state index in [4.69, 9.17) is 19.9 Å². The number of unbranched alkanes of at least 4 members (excludes halogenated alkanes) is 2. The molecule has 536 valence electrons. The second-order valence-electron chi connectivity index (χ2n) is 27.1. The second kappa shape index (κ2) is 36.7. The highest BCUT2D eigenvalue weighted by Crippen LogP contribution is 2.43. The molecule has 3 fully saturated rings. The van der Waals surface area contributed by atoms with Gasteiger partial charge in [0.2, 0.25) is 41.4 Å². The molecule has 2 aromatic carbocycles. The number of amides is 12. The molecule has 12 amide bonds. The Bertz CT molecular complexity index is 3220. The molecule has 13 atom stereocenters. The van der Waals surface area contributed by atoms with Crippen LogP contribution in [0.15, 0.2) is 79.0 Å². The van der Waals surface area contributed by atoms with Crippen LogP contribution in [0.4, 0.5) is 15.3 Å². The minimum Gasteiger partial charge on any atom is -0.445 e. The summed E-state index contributed by atoms with van der Waals surface area (Å²) in [5.41, 5.74) is 7.91. The van der Waals surface area contributed by atoms with Gasteiger partial charge in [0, 0.05) is 77.4 Å². The molecule has 4 heterocycles. The van der Waals surface area contributed by atoms with Gasteiger partial charge in [0.05, 0.1) is 48.4 Å². The van der Waals surface area contributed by atoms with E-state index in [2.05, 4.69) is 42.1 Å². The van der Waals surface area contributed by atoms with Crippen molar-refractivity contribution in [3.8, 4) is 0 Å². The van der Waals surface area contributed by atoms with Crippen molar-refractivity contribution in [2.24, 2.45) is 35.3 Å². The average molecular weight is 1360 g/mol. The number of hydrogen-bond donors (Lipinski definition) is 8. The number of carbonyl (C=O) groups is 11. The molecule has 3 aliphatic heterocycles. The number of hydrogen-bond acceptors (Lipinski definition) is 15. The summed E-state index contributed by atoms with van der Waals surface area (Å²) in [6, 6.07) is 11.7. The van der Waals surface area contributed by atoms with Crippen molar-refractivity contribution in [3.63, 3.8) is 0 Å². The van der Waals surface area contributed by atoms with Gasteiger partial charge < -0.3 is 61.6 Å². The molecule has 7 rings (SSSR count). The summed E-state index contributed by atoms with van der Waals surface area (Å²) < 4.78 is 18.1. The lowest BCUT2D eigenvalue weighted by Gasteiger charge is -2.41. The molecule has 27 heteroatoms. The molecular weight excluding hydrogens is 1260 g/mol. The molecular formula is C71H103N13O14. The number of nitrogens with two attached hydrogens (primary N) is 1. The molecule has 98 heavy (non-hydrogen) atoms. The maximum absolute atomic E-state index is 15.0. The number of aromatic nitrogens is 2. The van der Waals surface area contributed by atoms with Gasteiger partial charge in [-0.05, 0) is 117 Å². The molecule has 0 spiro atoms. The number of methoxy groups -OCH3 is 2. The predicted octanol–water partition coefficient (Wildman–Crippen LogP) is 5.56. The number of carbonyl (C=O) groups excluding carboxylic acids is 11. The van der Waals surface area contributed by atoms with Crippen LogP contribution in [0.5, 0.6) is 0 Å². The van der Waals surface area contributed by atoms with Crippen molar-refractivity contribution >= 4 is 71.0 Å². The maximum atomic E-state index is 15.0. The van der Waals surface area contributed by atoms with Crippen LogP contribution in [0.2, 0.25) is 0 Å². The monoisotopic (exact) mass is 1360 g/mol. The Kier molecular flexibility index (Phi) is 28.7. The first-order valence-electron chi connectivity index (χ1n) is 34.6. The molecule has 27 nitrogen and oxygen atoms in total. The van der Waals surface area contributed by atoms with Crippen LogP contribution in [0, 0.1) is 29.6 Å². The number of fused-ring (bicyclic) bond motifs is 2. The van der Waals surface area contributed by atoms with Crippen LogP contribution >= 0.6 is 0 Å². The van der Waals surface area contributed by atoms with Crippen molar-refractivity contribution in [3.05, 3.63) is 95.8 Å². The topological polar surface area (TPSA) is 355 Å². The van der Waals surface area contributed by atoms with Crippen molar-refractivity contribution in [2.75, 3.05) is 46.2 Å². The van der Waals surface area contributed by atoms with Crippen molar-refractivity contribution in [1.29, 1.82) is 0 Å². The standard InChI is InChI=1S/C71H103N13O14/c1-11-44(6)62(55(96-9)40-59(88)82-37-19-23-54(82)64(97-10)45(7)65(89)77-53(51-33-35-74-80-51)38-46-20-14-12-15-21-46)81(8)69(93)61(43(4)5)79-68(92)63-48-27-30-50(39-48)84(63)71(95)98-41-47-25-28-49(29-26-47)75-66(90)52(22-18-34-73-70(72)94)76-67(91)60(42(2)3)78-56(85)24-16-13-17-36-83-57(86)31-32-58(83)87/h12,14-15,20-21,25-26,28-29,31-33,35,42-45,48,50,52-55,60-64H,11,13,16-19,22-24,27,30,34,36-41H2,1-10H3,(H,74,80)(H,75,90)(H,76,91)(H,77,89)(H,78,85)(H,79,92)(H3,72,73,94)/t44-,45+,48-,50+,52-,53-,54-,55+,60-,61-,62-,63?,64+/m0/s1. The molecule has 1 unspecified atom stereocenters. The van der Waals surface area contributed by atoms with Crippen molar-refractivity contribution in [1.82, 2.24) is 56.4 Å². The number of likely N-dealkylation sites (tertiary alicyclic amines) is 2. The number of rotatable bonds is 37. The van der Waals surface area contributed by atoms with E-state index in [0.717, 1.165) is 10.5 Å². The number of anilines is 1. The van der Waals surface area contributed by atoms with Crippen LogP contribution in [-0.4, -0.2) is 190 Å². The van der Waals surface area contributed by atoms with Gasteiger partial charge in [0.15, 0.2) is 0 Å². The summed E-state index contributed by atoms with van der Waals surface area (Å²) in [4.78, 5) is 154. The summed E-state index contributed by atoms with van der Waals surface area (Å²) in [5.74, 6) is -5.32. The maximum Gasteiger partial charge on any atom is 0.411 e. The van der Waals surface area contributed by atoms with Gasteiger partial charge in [-0.1, -0.05) is 104 Å². The van der Waals surface area contributed by atoms with Gasteiger partial charge in [-0.2, -0.15) is 5.10 Å². The molecule has 1 aliphatic carbocycles. The number of aromatic amines is 1. The normalized spacial score (nSPS) is 20.0. The number of piperidine rings is 1. The van der Waals surface area contributed by atoms with E-state index < -0.39 is 96.2 Å². The number of ether oxygens (including phenoxy) is 3. The molecule has 4 aliphatic rings. The highest BCUT2D eigenvalue weighted by molar-refractivity contribution is 6.12. The third-order valence-corrected chi connectivity index (χ3v) is 19.7. The molecule has 3 aromatic rings. The number of nitrogens with one attached hydrogen (secondary N) is 7. The van der Waals surface area contributed by atoms with Gasteiger partial charge in [-0.25, -0.2) is 9.59 Å². The third kappa shape index (κ3) is 20.4. The largest absolute Gasteiger partial charge is 0.445 e. The SMILES string of the molecule is CC[C@H](C)[C@@H]([C@@H](CC(=O)N1CCC[C@H]1[C@H](OC)[C@@H](C)C(=O)N[C@@H](Cc1ccccc1)c1cc[nH]n1)OC)N(C)C(=O)[C@@H](NC(=O)C1[C@H]2CC[C@H](C2)N1C(=O)OCc1ccc(NC(=O)[C@H](CCCNC(N)=O)NC(=O)[C@@H](NC(=O)CCCCCN2C(=O)C=CC2=O)C(C)C)cc1)C(C)C. The number of likely N-dealkylation sites (N-methyl/N-ethyl adjacent to an activating group) is 1. The first-order chi connectivity index (χ1) is 46.8. The fourth-order valence-electron chi connectivity index (χ4n) is 14.1. The minimum atomic E-state index is -1.10. The zero-order chi connectivity index (χ0) is 71.3. The van der Waals surface area contributed by atoms with Crippen LogP contribution < -0.4 is 37.6 Å². The molecule has 2 saturated heterocycles. The van der Waals surface area contributed by atoms with Gasteiger partial charge in [0.25, 0.3) is 11.8 Å². The van der Waals surface area contributed by atoms with Crippen LogP contribution in [-0.2, 0) is 70.4 Å². The Morgan fingerprint density at radius 1 is 0.765 bits per heavy atom. The number of urea groups is 1. The van der Waals surface area contributed by atoms with E-state index in [1.54, 1.807) is 68.3 Å². The molecule has 1 aromatic heterocycles. The lowest BCUT2D eigenvalue weighted by atomic mass is 9.89. The van der Waals surface area contributed by atoms with E-state index in [-0.39, 0.29) is 105 Å². The minimum absolute atomic E-state index is 0.0667. The number of benzene rings is 2. The smallest absolute Gasteiger partial charge is 0.411 e. The van der Waals surface area contributed by atoms with Gasteiger partial charge in [0.1, 0.15) is 30.8 Å². The van der Waals surface area contributed by atoms with Gasteiger partial charge in [-0.15, -0.1) is 0 Å². The number of nitrogens with zero attached hydrogens (tertiary/aromatic N) is 5. The molecule has 1 saturated carbocycles. The Morgan fingerprint density at radius 3 is 2.10 bits per heavy atom. The zero-order valence-electron chi connectivity index (χ0n) is 58.4. The van der Waals surface area contributed by atoms with Crippen LogP contribution in [0.1, 0.15) is 155 Å². The van der Waals surface area contributed by atoms with E-state index in [1.165, 1.54) is 24.2 Å². The van der Waals surface area contributed by atoms with E-state index in [0.29, 0.717) is 87.7 Å².